The fourth-order valence-electron chi connectivity index (χ4n) is 3.63. The highest BCUT2D eigenvalue weighted by Crippen LogP contribution is 2.30. The highest BCUT2D eigenvalue weighted by molar-refractivity contribution is 5.23. The van der Waals surface area contributed by atoms with Gasteiger partial charge >= 0.3 is 0 Å². The third kappa shape index (κ3) is 2.10. The largest absolute Gasteiger partial charge is 0.466 e. The maximum atomic E-state index is 5.68. The third-order valence-corrected chi connectivity index (χ3v) is 4.70. The summed E-state index contributed by atoms with van der Waals surface area (Å²) >= 11 is 0. The molecule has 1 aromatic rings. The predicted molar refractivity (Wildman–Crippen MR) is 72.8 cm³/mol. The SMILES string of the molecule is Cc1cc(C(C)N2CCN3CCCC3C2)c(C)o1. The van der Waals surface area contributed by atoms with Crippen molar-refractivity contribution in [3.05, 3.63) is 23.2 Å². The lowest BCUT2D eigenvalue weighted by Crippen LogP contribution is -2.50. The molecule has 2 aliphatic rings. The molecular formula is C15H24N2O. The Morgan fingerprint density at radius 2 is 2.11 bits per heavy atom. The van der Waals surface area contributed by atoms with E-state index in [1.807, 2.05) is 6.92 Å². The van der Waals surface area contributed by atoms with E-state index < -0.39 is 0 Å². The van der Waals surface area contributed by atoms with Gasteiger partial charge in [0.05, 0.1) is 0 Å². The molecule has 2 unspecified atom stereocenters. The molecule has 3 heterocycles. The second kappa shape index (κ2) is 4.71. The van der Waals surface area contributed by atoms with Crippen molar-refractivity contribution < 1.29 is 4.42 Å². The van der Waals surface area contributed by atoms with E-state index in [4.69, 9.17) is 4.42 Å². The van der Waals surface area contributed by atoms with Crippen LogP contribution >= 0.6 is 0 Å². The zero-order valence-corrected chi connectivity index (χ0v) is 11.8. The number of rotatable bonds is 2. The van der Waals surface area contributed by atoms with Gasteiger partial charge in [-0.1, -0.05) is 0 Å². The van der Waals surface area contributed by atoms with Crippen molar-refractivity contribution in [3.63, 3.8) is 0 Å². The van der Waals surface area contributed by atoms with Gasteiger partial charge in [-0.15, -0.1) is 0 Å². The van der Waals surface area contributed by atoms with Gasteiger partial charge in [0.25, 0.3) is 0 Å². The summed E-state index contributed by atoms with van der Waals surface area (Å²) in [4.78, 5) is 5.29. The van der Waals surface area contributed by atoms with Crippen LogP contribution in [0.15, 0.2) is 10.5 Å². The van der Waals surface area contributed by atoms with Crippen LogP contribution in [0.5, 0.6) is 0 Å². The zero-order valence-electron chi connectivity index (χ0n) is 11.8. The van der Waals surface area contributed by atoms with Crippen molar-refractivity contribution in [2.45, 2.75) is 45.7 Å². The van der Waals surface area contributed by atoms with Gasteiger partial charge in [-0.25, -0.2) is 0 Å². The van der Waals surface area contributed by atoms with Gasteiger partial charge in [-0.05, 0) is 46.2 Å². The Bertz CT molecular complexity index is 426. The van der Waals surface area contributed by atoms with Crippen LogP contribution < -0.4 is 0 Å². The molecule has 1 aromatic heterocycles. The van der Waals surface area contributed by atoms with E-state index in [9.17, 15) is 0 Å². The molecule has 0 bridgehead atoms. The Morgan fingerprint density at radius 1 is 1.28 bits per heavy atom. The lowest BCUT2D eigenvalue weighted by molar-refractivity contribution is 0.0765. The molecule has 2 saturated heterocycles. The number of aryl methyl sites for hydroxylation is 2. The highest BCUT2D eigenvalue weighted by atomic mass is 16.3. The first-order valence-electron chi connectivity index (χ1n) is 7.20. The third-order valence-electron chi connectivity index (χ3n) is 4.70. The second-order valence-corrected chi connectivity index (χ2v) is 5.87. The van der Waals surface area contributed by atoms with Crippen LogP contribution in [0, 0.1) is 13.8 Å². The average molecular weight is 248 g/mol. The molecule has 0 radical (unpaired) electrons. The van der Waals surface area contributed by atoms with Gasteiger partial charge in [0.2, 0.25) is 0 Å². The molecule has 3 heteroatoms. The Kier molecular flexibility index (Phi) is 3.20. The quantitative estimate of drug-likeness (QED) is 0.802. The second-order valence-electron chi connectivity index (χ2n) is 5.87. The number of piperazine rings is 1. The normalized spacial score (nSPS) is 27.4. The Hall–Kier alpha value is -0.800. The van der Waals surface area contributed by atoms with E-state index in [0.29, 0.717) is 6.04 Å². The summed E-state index contributed by atoms with van der Waals surface area (Å²) < 4.78 is 5.68. The van der Waals surface area contributed by atoms with Gasteiger partial charge in [0.15, 0.2) is 0 Å². The van der Waals surface area contributed by atoms with Gasteiger partial charge in [-0.2, -0.15) is 0 Å². The van der Waals surface area contributed by atoms with E-state index in [-0.39, 0.29) is 0 Å². The van der Waals surface area contributed by atoms with Crippen molar-refractivity contribution in [2.24, 2.45) is 0 Å². The minimum atomic E-state index is 0.491. The number of furan rings is 1. The van der Waals surface area contributed by atoms with Crippen molar-refractivity contribution in [1.29, 1.82) is 0 Å². The molecule has 0 N–H and O–H groups in total. The van der Waals surface area contributed by atoms with Crippen molar-refractivity contribution >= 4 is 0 Å². The van der Waals surface area contributed by atoms with E-state index in [0.717, 1.165) is 17.6 Å². The van der Waals surface area contributed by atoms with Gasteiger partial charge in [0.1, 0.15) is 11.5 Å². The number of hydrogen-bond donors (Lipinski definition) is 0. The number of nitrogens with zero attached hydrogens (tertiary/aromatic N) is 2. The Morgan fingerprint density at radius 3 is 2.83 bits per heavy atom. The fraction of sp³-hybridized carbons (Fsp3) is 0.733. The van der Waals surface area contributed by atoms with Crippen LogP contribution in [0.4, 0.5) is 0 Å². The molecule has 100 valence electrons. The first-order valence-corrected chi connectivity index (χ1v) is 7.20. The minimum absolute atomic E-state index is 0.491. The highest BCUT2D eigenvalue weighted by Gasteiger charge is 2.33. The first kappa shape index (κ1) is 12.2. The Balaban J connectivity index is 1.73. The van der Waals surface area contributed by atoms with Gasteiger partial charge in [0, 0.05) is 37.3 Å². The average Bonchev–Trinajstić information content (AvgIpc) is 2.93. The molecule has 2 atom stereocenters. The molecule has 2 aliphatic heterocycles. The maximum Gasteiger partial charge on any atom is 0.105 e. The monoisotopic (exact) mass is 248 g/mol. The maximum absolute atomic E-state index is 5.68. The lowest BCUT2D eigenvalue weighted by atomic mass is 10.0. The standard InChI is InChI=1S/C15H24N2O/c1-11-9-15(13(3)18-11)12(2)17-8-7-16-6-4-5-14(16)10-17/h9,12,14H,4-8,10H2,1-3H3. The summed E-state index contributed by atoms with van der Waals surface area (Å²) in [5.74, 6) is 2.13. The molecule has 3 nitrogen and oxygen atoms in total. The Labute approximate surface area is 110 Å². The van der Waals surface area contributed by atoms with E-state index >= 15 is 0 Å². The van der Waals surface area contributed by atoms with Crippen molar-refractivity contribution in [2.75, 3.05) is 26.2 Å². The summed E-state index contributed by atoms with van der Waals surface area (Å²) in [6.07, 6.45) is 2.77. The van der Waals surface area contributed by atoms with E-state index in [1.54, 1.807) is 0 Å². The summed E-state index contributed by atoms with van der Waals surface area (Å²) in [6, 6.07) is 3.50. The minimum Gasteiger partial charge on any atom is -0.466 e. The number of hydrogen-bond acceptors (Lipinski definition) is 3. The molecule has 0 aromatic carbocycles. The van der Waals surface area contributed by atoms with Crippen LogP contribution in [0.2, 0.25) is 0 Å². The fourth-order valence-corrected chi connectivity index (χ4v) is 3.63. The first-order chi connectivity index (χ1) is 8.65. The van der Waals surface area contributed by atoms with Crippen molar-refractivity contribution in [1.82, 2.24) is 9.80 Å². The molecule has 0 amide bonds. The van der Waals surface area contributed by atoms with Gasteiger partial charge in [-0.3, -0.25) is 9.80 Å². The van der Waals surface area contributed by atoms with E-state index in [2.05, 4.69) is 29.7 Å². The zero-order chi connectivity index (χ0) is 12.7. The summed E-state index contributed by atoms with van der Waals surface area (Å²) in [7, 11) is 0. The summed E-state index contributed by atoms with van der Waals surface area (Å²) in [6.45, 7) is 11.4. The van der Waals surface area contributed by atoms with Crippen molar-refractivity contribution in [3.8, 4) is 0 Å². The molecule has 0 aliphatic carbocycles. The molecular weight excluding hydrogens is 224 g/mol. The predicted octanol–water partition coefficient (Wildman–Crippen LogP) is 2.74. The summed E-state index contributed by atoms with van der Waals surface area (Å²) in [5, 5.41) is 0. The molecule has 0 spiro atoms. The van der Waals surface area contributed by atoms with Crippen LogP contribution in [0.1, 0.15) is 42.9 Å². The van der Waals surface area contributed by atoms with E-state index in [1.165, 1.54) is 44.6 Å². The van der Waals surface area contributed by atoms with Crippen LogP contribution in [-0.2, 0) is 0 Å². The topological polar surface area (TPSA) is 19.6 Å². The molecule has 3 rings (SSSR count). The van der Waals surface area contributed by atoms with Crippen LogP contribution in [-0.4, -0.2) is 42.0 Å². The smallest absolute Gasteiger partial charge is 0.105 e. The van der Waals surface area contributed by atoms with Crippen LogP contribution in [0.25, 0.3) is 0 Å². The molecule has 18 heavy (non-hydrogen) atoms. The number of fused-ring (bicyclic) bond motifs is 1. The van der Waals surface area contributed by atoms with Gasteiger partial charge < -0.3 is 4.42 Å². The molecule has 2 fully saturated rings. The van der Waals surface area contributed by atoms with Crippen LogP contribution in [0.3, 0.4) is 0 Å². The summed E-state index contributed by atoms with van der Waals surface area (Å²) in [5.41, 5.74) is 1.37. The lowest BCUT2D eigenvalue weighted by Gasteiger charge is -2.40. The molecule has 0 saturated carbocycles.